The first kappa shape index (κ1) is 31.6. The molecule has 0 saturated carbocycles. The molecule has 0 aromatic rings. The van der Waals surface area contributed by atoms with Crippen LogP contribution in [0.25, 0.3) is 0 Å². The van der Waals surface area contributed by atoms with Gasteiger partial charge in [-0.05, 0) is 0 Å². The van der Waals surface area contributed by atoms with Gasteiger partial charge in [0.15, 0.2) is 12.2 Å². The van der Waals surface area contributed by atoms with E-state index in [0.717, 1.165) is 0 Å². The van der Waals surface area contributed by atoms with E-state index < -0.39 is 73.4 Å². The maximum absolute atomic E-state index is 13.5. The summed E-state index contributed by atoms with van der Waals surface area (Å²) in [5.74, 6) is -45.9. The Labute approximate surface area is 167 Å². The number of alkyl halides is 20. The topological polar surface area (TPSA) is 9.23 Å². The van der Waals surface area contributed by atoms with Crippen molar-refractivity contribution in [1.82, 2.24) is 0 Å². The molecule has 33 heavy (non-hydrogen) atoms. The van der Waals surface area contributed by atoms with E-state index in [1.165, 1.54) is 0 Å². The van der Waals surface area contributed by atoms with Crippen LogP contribution in [0.4, 0.5) is 87.8 Å². The van der Waals surface area contributed by atoms with Crippen molar-refractivity contribution >= 4 is 0 Å². The van der Waals surface area contributed by atoms with Crippen molar-refractivity contribution in [3.63, 3.8) is 0 Å². The smallest absolute Gasteiger partial charge is 0.356 e. The Bertz CT molecular complexity index is 603. The second-order valence-corrected chi connectivity index (χ2v) is 5.96. The van der Waals surface area contributed by atoms with Crippen molar-refractivity contribution in [2.75, 3.05) is 13.3 Å². The van der Waals surface area contributed by atoms with E-state index >= 15 is 0 Å². The highest BCUT2D eigenvalue weighted by molar-refractivity contribution is 5.07. The molecule has 0 amide bonds. The van der Waals surface area contributed by atoms with Gasteiger partial charge in [0.1, 0.15) is 13.3 Å². The summed E-state index contributed by atoms with van der Waals surface area (Å²) in [4.78, 5) is 0. The predicted octanol–water partition coefficient (Wildman–Crippen LogP) is 6.62. The Morgan fingerprint density at radius 3 is 0.758 bits per heavy atom. The van der Waals surface area contributed by atoms with Gasteiger partial charge >= 0.3 is 47.9 Å². The molecule has 0 fully saturated rings. The maximum Gasteiger partial charge on any atom is 0.460 e. The molecule has 1 nitrogen and oxygen atoms in total. The standard InChI is InChI=1S/C12H6F20O/c13-1-3(5(15,16)7(19,20)9(23,24)11(27,28)29)33-4(2-14)6(17,18)8(21,22)10(25,26)12(30,31)32/h3-4H,1-2H2. The van der Waals surface area contributed by atoms with Crippen LogP contribution >= 0.6 is 0 Å². The largest absolute Gasteiger partial charge is 0.460 e. The van der Waals surface area contributed by atoms with Crippen LogP contribution in [0.3, 0.4) is 0 Å². The Morgan fingerprint density at radius 2 is 0.606 bits per heavy atom. The lowest BCUT2D eigenvalue weighted by Gasteiger charge is -2.40. The van der Waals surface area contributed by atoms with Crippen molar-refractivity contribution in [2.24, 2.45) is 0 Å². The number of ether oxygens (including phenoxy) is 1. The van der Waals surface area contributed by atoms with E-state index in [0.29, 0.717) is 0 Å². The van der Waals surface area contributed by atoms with Gasteiger partial charge in [0.25, 0.3) is 0 Å². The zero-order chi connectivity index (χ0) is 27.3. The summed E-state index contributed by atoms with van der Waals surface area (Å²) in [5, 5.41) is 0. The fourth-order valence-electron chi connectivity index (χ4n) is 1.81. The zero-order valence-electron chi connectivity index (χ0n) is 14.5. The minimum Gasteiger partial charge on any atom is -0.356 e. The Morgan fingerprint density at radius 1 is 0.394 bits per heavy atom. The zero-order valence-corrected chi connectivity index (χ0v) is 14.5. The van der Waals surface area contributed by atoms with Gasteiger partial charge in [-0.15, -0.1) is 0 Å². The summed E-state index contributed by atoms with van der Waals surface area (Å²) in [7, 11) is 0. The van der Waals surface area contributed by atoms with Crippen molar-refractivity contribution in [2.45, 2.75) is 60.1 Å². The van der Waals surface area contributed by atoms with Crippen LogP contribution in [0.1, 0.15) is 0 Å². The first-order valence-electron chi connectivity index (χ1n) is 7.30. The van der Waals surface area contributed by atoms with Crippen LogP contribution in [0.5, 0.6) is 0 Å². The normalized spacial score (nSPS) is 17.8. The molecule has 0 aliphatic heterocycles. The molecule has 0 aromatic heterocycles. The second-order valence-electron chi connectivity index (χ2n) is 5.96. The third-order valence-electron chi connectivity index (χ3n) is 3.76. The quantitative estimate of drug-likeness (QED) is 0.280. The highest BCUT2D eigenvalue weighted by Crippen LogP contribution is 2.57. The Kier molecular flexibility index (Phi) is 8.27. The lowest BCUT2D eigenvalue weighted by atomic mass is 9.97. The highest BCUT2D eigenvalue weighted by atomic mass is 19.4. The van der Waals surface area contributed by atoms with Crippen LogP contribution in [0.15, 0.2) is 0 Å². The number of hydrogen-bond donors (Lipinski definition) is 0. The fourth-order valence-corrected chi connectivity index (χ4v) is 1.81. The lowest BCUT2D eigenvalue weighted by molar-refractivity contribution is -0.423. The molecule has 0 radical (unpaired) electrons. The van der Waals surface area contributed by atoms with Gasteiger partial charge in [0.2, 0.25) is 0 Å². The first-order chi connectivity index (χ1) is 14.1. The highest BCUT2D eigenvalue weighted by Gasteiger charge is 2.85. The summed E-state index contributed by atoms with van der Waals surface area (Å²) < 4.78 is 257. The minimum absolute atomic E-state index is 2.66. The molecule has 0 N–H and O–H groups in total. The lowest BCUT2D eigenvalue weighted by Crippen LogP contribution is -2.68. The van der Waals surface area contributed by atoms with E-state index in [9.17, 15) is 87.8 Å². The Balaban J connectivity index is 6.43. The van der Waals surface area contributed by atoms with E-state index in [1.54, 1.807) is 0 Å². The van der Waals surface area contributed by atoms with Crippen molar-refractivity contribution in [3.8, 4) is 0 Å². The minimum atomic E-state index is -7.83. The van der Waals surface area contributed by atoms with Gasteiger partial charge in [-0.25, -0.2) is 8.78 Å². The average Bonchev–Trinajstić information content (AvgIpc) is 2.59. The molecular formula is C12H6F20O. The Hall–Kier alpha value is -1.44. The van der Waals surface area contributed by atoms with E-state index in [4.69, 9.17) is 0 Å². The summed E-state index contributed by atoms with van der Waals surface area (Å²) in [6, 6.07) is 0. The number of halogens is 20. The molecule has 2 atom stereocenters. The maximum atomic E-state index is 13.5. The summed E-state index contributed by atoms with van der Waals surface area (Å²) in [5.41, 5.74) is 0. The van der Waals surface area contributed by atoms with Crippen LogP contribution in [0.2, 0.25) is 0 Å². The summed E-state index contributed by atoms with van der Waals surface area (Å²) in [6.07, 6.45) is -25.3. The van der Waals surface area contributed by atoms with Gasteiger partial charge in [-0.3, -0.25) is 0 Å². The first-order valence-corrected chi connectivity index (χ1v) is 7.30. The molecule has 0 saturated heterocycles. The van der Waals surface area contributed by atoms with Gasteiger partial charge < -0.3 is 4.74 Å². The SMILES string of the molecule is FCC(OC(CF)C(F)(F)C(F)(F)C(F)(F)C(F)(F)F)C(F)(F)C(F)(F)C(F)(F)C(F)(F)F. The van der Waals surface area contributed by atoms with Crippen molar-refractivity contribution in [1.29, 1.82) is 0 Å². The molecule has 0 aliphatic carbocycles. The van der Waals surface area contributed by atoms with Crippen LogP contribution in [-0.4, -0.2) is 73.4 Å². The molecule has 21 heteroatoms. The van der Waals surface area contributed by atoms with Gasteiger partial charge in [-0.2, -0.15) is 79.0 Å². The summed E-state index contributed by atoms with van der Waals surface area (Å²) >= 11 is 0. The molecule has 0 bridgehead atoms. The van der Waals surface area contributed by atoms with Gasteiger partial charge in [0.05, 0.1) is 0 Å². The molecule has 0 spiro atoms. The second kappa shape index (κ2) is 8.65. The molecular weight excluding hydrogens is 540 g/mol. The molecule has 0 heterocycles. The molecule has 200 valence electrons. The van der Waals surface area contributed by atoms with Gasteiger partial charge in [-0.1, -0.05) is 0 Å². The molecule has 0 aromatic carbocycles. The number of rotatable bonds is 10. The van der Waals surface area contributed by atoms with Crippen LogP contribution in [-0.2, 0) is 4.74 Å². The van der Waals surface area contributed by atoms with Crippen molar-refractivity contribution in [3.05, 3.63) is 0 Å². The van der Waals surface area contributed by atoms with Gasteiger partial charge in [0, 0.05) is 0 Å². The van der Waals surface area contributed by atoms with E-state index in [2.05, 4.69) is 4.74 Å². The van der Waals surface area contributed by atoms with E-state index in [1.807, 2.05) is 0 Å². The van der Waals surface area contributed by atoms with Crippen LogP contribution < -0.4 is 0 Å². The summed E-state index contributed by atoms with van der Waals surface area (Å²) in [6.45, 7) is -7.10. The molecule has 0 aliphatic rings. The third kappa shape index (κ3) is 4.73. The monoisotopic (exact) mass is 546 g/mol. The fraction of sp³-hybridized carbons (Fsp3) is 1.00. The van der Waals surface area contributed by atoms with Crippen LogP contribution in [0, 0.1) is 0 Å². The average molecular weight is 546 g/mol. The van der Waals surface area contributed by atoms with Crippen molar-refractivity contribution < 1.29 is 92.5 Å². The molecule has 0 rings (SSSR count). The predicted molar refractivity (Wildman–Crippen MR) is 62.4 cm³/mol. The van der Waals surface area contributed by atoms with E-state index in [-0.39, 0.29) is 0 Å². The molecule has 2 unspecified atom stereocenters. The third-order valence-corrected chi connectivity index (χ3v) is 3.76. The number of hydrogen-bond acceptors (Lipinski definition) is 1.